The zero-order valence-electron chi connectivity index (χ0n) is 8.32. The molecule has 10 heteroatoms. The highest BCUT2D eigenvalue weighted by molar-refractivity contribution is 5.77. The maximum atomic E-state index is 11.7. The molecule has 0 fully saturated rings. The maximum absolute atomic E-state index is 11.7. The van der Waals surface area contributed by atoms with Gasteiger partial charge in [0.1, 0.15) is 6.54 Å². The second-order valence-electron chi connectivity index (χ2n) is 3.08. The summed E-state index contributed by atoms with van der Waals surface area (Å²) in [6.45, 7) is -3.28. The Labute approximate surface area is 92.0 Å². The molecular weight excluding hydrogens is 258 g/mol. The van der Waals surface area contributed by atoms with Crippen LogP contribution in [0.2, 0.25) is 0 Å². The summed E-state index contributed by atoms with van der Waals surface area (Å²) in [5.41, 5.74) is 0. The summed E-state index contributed by atoms with van der Waals surface area (Å²) in [4.78, 5) is 10.7. The van der Waals surface area contributed by atoms with Crippen molar-refractivity contribution in [3.05, 3.63) is 0 Å². The maximum Gasteiger partial charge on any atom is 0.415 e. The summed E-state index contributed by atoms with van der Waals surface area (Å²) in [7, 11) is 0. The van der Waals surface area contributed by atoms with E-state index in [2.05, 4.69) is 0 Å². The molecule has 0 bridgehead atoms. The van der Waals surface area contributed by atoms with E-state index in [1.165, 1.54) is 5.32 Å². The second-order valence-corrected chi connectivity index (χ2v) is 3.08. The molecule has 0 saturated heterocycles. The molecular formula is C7H10F6N2O2. The fraction of sp³-hybridized carbons (Fsp3) is 0.857. The summed E-state index contributed by atoms with van der Waals surface area (Å²) >= 11 is 0. The number of aliphatic hydroxyl groups is 1. The van der Waals surface area contributed by atoms with Crippen molar-refractivity contribution < 1.29 is 36.2 Å². The van der Waals surface area contributed by atoms with Gasteiger partial charge < -0.3 is 15.7 Å². The molecule has 102 valence electrons. The molecule has 0 saturated carbocycles. The molecule has 0 aliphatic carbocycles. The van der Waals surface area contributed by atoms with Crippen molar-refractivity contribution in [2.24, 2.45) is 0 Å². The standard InChI is InChI=1S/C7H10F6N2O2/c8-6(9,10)3-15-5(17)2-14-1-4(16)7(11,12)13/h4,14,16H,1-3H2,(H,15,17). The molecule has 0 aromatic heterocycles. The number of hydrogen-bond donors (Lipinski definition) is 3. The Balaban J connectivity index is 3.73. The van der Waals surface area contributed by atoms with Gasteiger partial charge in [-0.05, 0) is 0 Å². The van der Waals surface area contributed by atoms with E-state index in [9.17, 15) is 31.1 Å². The Hall–Kier alpha value is -1.03. The Kier molecular flexibility index (Phi) is 5.69. The number of rotatable bonds is 5. The van der Waals surface area contributed by atoms with Crippen LogP contribution in [0.25, 0.3) is 0 Å². The lowest BCUT2D eigenvalue weighted by atomic mass is 10.3. The zero-order valence-corrected chi connectivity index (χ0v) is 8.32. The largest absolute Gasteiger partial charge is 0.415 e. The molecule has 0 aromatic carbocycles. The Bertz CT molecular complexity index is 252. The van der Waals surface area contributed by atoms with E-state index in [0.717, 1.165) is 0 Å². The summed E-state index contributed by atoms with van der Waals surface area (Å²) in [6.07, 6.45) is -12.1. The van der Waals surface area contributed by atoms with E-state index >= 15 is 0 Å². The summed E-state index contributed by atoms with van der Waals surface area (Å²) < 4.78 is 70.0. The first-order valence-electron chi connectivity index (χ1n) is 4.31. The second kappa shape index (κ2) is 6.05. The van der Waals surface area contributed by atoms with E-state index in [0.29, 0.717) is 0 Å². The smallest absolute Gasteiger partial charge is 0.382 e. The molecule has 17 heavy (non-hydrogen) atoms. The third kappa shape index (κ3) is 8.74. The molecule has 1 unspecified atom stereocenters. The van der Waals surface area contributed by atoms with Crippen molar-refractivity contribution in [1.82, 2.24) is 10.6 Å². The number of alkyl halides is 6. The summed E-state index contributed by atoms with van der Waals surface area (Å²) in [6, 6.07) is 0. The van der Waals surface area contributed by atoms with Crippen molar-refractivity contribution in [2.75, 3.05) is 19.6 Å². The van der Waals surface area contributed by atoms with Crippen LogP contribution in [0.3, 0.4) is 0 Å². The first-order valence-corrected chi connectivity index (χ1v) is 4.31. The first kappa shape index (κ1) is 16.0. The SMILES string of the molecule is O=C(CNCC(O)C(F)(F)F)NCC(F)(F)F. The van der Waals surface area contributed by atoms with E-state index in [1.807, 2.05) is 5.32 Å². The molecule has 1 atom stereocenters. The van der Waals surface area contributed by atoms with Crippen LogP contribution in [0.1, 0.15) is 0 Å². The van der Waals surface area contributed by atoms with Gasteiger partial charge in [-0.25, -0.2) is 0 Å². The van der Waals surface area contributed by atoms with Crippen LogP contribution in [-0.4, -0.2) is 49.1 Å². The van der Waals surface area contributed by atoms with Gasteiger partial charge in [0.25, 0.3) is 0 Å². The Morgan fingerprint density at radius 3 is 2.12 bits per heavy atom. The minimum Gasteiger partial charge on any atom is -0.382 e. The minimum atomic E-state index is -4.84. The average Bonchev–Trinajstić information content (AvgIpc) is 2.12. The van der Waals surface area contributed by atoms with Crippen LogP contribution in [0.15, 0.2) is 0 Å². The third-order valence-corrected chi connectivity index (χ3v) is 1.49. The molecule has 0 aliphatic heterocycles. The minimum absolute atomic E-state index is 0.747. The van der Waals surface area contributed by atoms with Crippen LogP contribution < -0.4 is 10.6 Å². The van der Waals surface area contributed by atoms with Gasteiger partial charge in [-0.1, -0.05) is 0 Å². The first-order chi connectivity index (χ1) is 7.52. The van der Waals surface area contributed by atoms with Gasteiger partial charge in [-0.3, -0.25) is 4.79 Å². The highest BCUT2D eigenvalue weighted by Crippen LogP contribution is 2.19. The zero-order chi connectivity index (χ0) is 13.7. The number of aliphatic hydroxyl groups excluding tert-OH is 1. The molecule has 4 nitrogen and oxygen atoms in total. The van der Waals surface area contributed by atoms with Crippen molar-refractivity contribution in [1.29, 1.82) is 0 Å². The van der Waals surface area contributed by atoms with Crippen molar-refractivity contribution in [3.8, 4) is 0 Å². The summed E-state index contributed by atoms with van der Waals surface area (Å²) in [5, 5.41) is 11.8. The topological polar surface area (TPSA) is 61.4 Å². The van der Waals surface area contributed by atoms with Crippen LogP contribution in [-0.2, 0) is 4.79 Å². The van der Waals surface area contributed by atoms with E-state index < -0.39 is 44.0 Å². The monoisotopic (exact) mass is 268 g/mol. The van der Waals surface area contributed by atoms with Gasteiger partial charge in [0.2, 0.25) is 5.91 Å². The molecule has 0 aliphatic rings. The number of hydrogen-bond acceptors (Lipinski definition) is 3. The average molecular weight is 268 g/mol. The van der Waals surface area contributed by atoms with Gasteiger partial charge in [-0.2, -0.15) is 26.3 Å². The summed E-state index contributed by atoms with van der Waals surface area (Å²) in [5.74, 6) is -1.11. The fourth-order valence-corrected chi connectivity index (χ4v) is 0.699. The lowest BCUT2D eigenvalue weighted by molar-refractivity contribution is -0.201. The van der Waals surface area contributed by atoms with Gasteiger partial charge >= 0.3 is 12.4 Å². The van der Waals surface area contributed by atoms with Gasteiger partial charge in [0.05, 0.1) is 6.54 Å². The van der Waals surface area contributed by atoms with Crippen LogP contribution in [0, 0.1) is 0 Å². The molecule has 1 amide bonds. The molecule has 3 N–H and O–H groups in total. The third-order valence-electron chi connectivity index (χ3n) is 1.49. The molecule has 0 rings (SSSR count). The van der Waals surface area contributed by atoms with Gasteiger partial charge in [-0.15, -0.1) is 0 Å². The lowest BCUT2D eigenvalue weighted by Crippen LogP contribution is -2.44. The van der Waals surface area contributed by atoms with Crippen molar-refractivity contribution in [2.45, 2.75) is 18.5 Å². The normalized spacial score (nSPS) is 14.5. The van der Waals surface area contributed by atoms with Crippen LogP contribution in [0.5, 0.6) is 0 Å². The number of carbonyl (C=O) groups is 1. The fourth-order valence-electron chi connectivity index (χ4n) is 0.699. The lowest BCUT2D eigenvalue weighted by Gasteiger charge is -2.15. The van der Waals surface area contributed by atoms with E-state index in [4.69, 9.17) is 5.11 Å². The van der Waals surface area contributed by atoms with Gasteiger partial charge in [0.15, 0.2) is 6.10 Å². The van der Waals surface area contributed by atoms with Crippen LogP contribution >= 0.6 is 0 Å². The number of amides is 1. The molecule has 0 aromatic rings. The number of halogens is 6. The number of carbonyl (C=O) groups excluding carboxylic acids is 1. The molecule has 0 heterocycles. The van der Waals surface area contributed by atoms with Gasteiger partial charge in [0, 0.05) is 6.54 Å². The van der Waals surface area contributed by atoms with Crippen molar-refractivity contribution in [3.63, 3.8) is 0 Å². The molecule has 0 spiro atoms. The number of nitrogens with one attached hydrogen (secondary N) is 2. The molecule has 0 radical (unpaired) electrons. The predicted molar refractivity (Wildman–Crippen MR) is 44.0 cm³/mol. The van der Waals surface area contributed by atoms with Crippen LogP contribution in [0.4, 0.5) is 26.3 Å². The van der Waals surface area contributed by atoms with E-state index in [1.54, 1.807) is 0 Å². The van der Waals surface area contributed by atoms with Crippen molar-refractivity contribution >= 4 is 5.91 Å². The highest BCUT2D eigenvalue weighted by atomic mass is 19.4. The highest BCUT2D eigenvalue weighted by Gasteiger charge is 2.37. The quantitative estimate of drug-likeness (QED) is 0.623. The Morgan fingerprint density at radius 1 is 1.18 bits per heavy atom. The Morgan fingerprint density at radius 2 is 1.71 bits per heavy atom. The predicted octanol–water partition coefficient (Wildman–Crippen LogP) is 0.178. The van der Waals surface area contributed by atoms with E-state index in [-0.39, 0.29) is 0 Å².